The number of aryl methyl sites for hydroxylation is 1. The van der Waals surface area contributed by atoms with Crippen molar-refractivity contribution in [3.8, 4) is 0 Å². The predicted molar refractivity (Wildman–Crippen MR) is 66.3 cm³/mol. The summed E-state index contributed by atoms with van der Waals surface area (Å²) in [4.78, 5) is 22.6. The van der Waals surface area contributed by atoms with Gasteiger partial charge in [0, 0.05) is 6.42 Å². The number of unbranched alkanes of at least 4 members (excludes halogenated alkanes) is 1. The van der Waals surface area contributed by atoms with Gasteiger partial charge in [0.05, 0.1) is 11.3 Å². The maximum atomic E-state index is 11.6. The van der Waals surface area contributed by atoms with Crippen LogP contribution in [0.15, 0.2) is 18.2 Å². The minimum atomic E-state index is -1.02. The van der Waals surface area contributed by atoms with Gasteiger partial charge in [-0.1, -0.05) is 25.5 Å². The zero-order chi connectivity index (χ0) is 12.8. The summed E-state index contributed by atoms with van der Waals surface area (Å²) in [6, 6.07) is 5.06. The van der Waals surface area contributed by atoms with Gasteiger partial charge in [0.15, 0.2) is 0 Å². The molecule has 1 rings (SSSR count). The Morgan fingerprint density at radius 3 is 2.65 bits per heavy atom. The molecule has 0 aliphatic carbocycles. The second kappa shape index (κ2) is 6.03. The van der Waals surface area contributed by atoms with E-state index in [1.165, 1.54) is 0 Å². The Kier molecular flexibility index (Phi) is 4.69. The summed E-state index contributed by atoms with van der Waals surface area (Å²) >= 11 is 0. The minimum absolute atomic E-state index is 0.139. The Balaban J connectivity index is 2.87. The molecule has 0 aliphatic rings. The number of benzene rings is 1. The maximum absolute atomic E-state index is 11.6. The van der Waals surface area contributed by atoms with Crippen LogP contribution in [0.3, 0.4) is 0 Å². The van der Waals surface area contributed by atoms with E-state index in [0.29, 0.717) is 17.7 Å². The zero-order valence-corrected chi connectivity index (χ0v) is 10.1. The average Bonchev–Trinajstić information content (AvgIpc) is 2.25. The van der Waals surface area contributed by atoms with Crippen molar-refractivity contribution < 1.29 is 14.7 Å². The number of amides is 1. The Morgan fingerprint density at radius 2 is 2.06 bits per heavy atom. The molecule has 1 amide bonds. The van der Waals surface area contributed by atoms with Crippen LogP contribution in [0.25, 0.3) is 0 Å². The van der Waals surface area contributed by atoms with E-state index >= 15 is 0 Å². The van der Waals surface area contributed by atoms with E-state index in [1.807, 2.05) is 6.92 Å². The van der Waals surface area contributed by atoms with Gasteiger partial charge in [-0.05, 0) is 25.0 Å². The van der Waals surface area contributed by atoms with E-state index in [9.17, 15) is 9.59 Å². The summed E-state index contributed by atoms with van der Waals surface area (Å²) in [5, 5.41) is 11.7. The molecule has 0 heterocycles. The molecule has 1 aromatic rings. The topological polar surface area (TPSA) is 66.4 Å². The molecule has 1 aromatic carbocycles. The Bertz CT molecular complexity index is 427. The second-order valence-corrected chi connectivity index (χ2v) is 3.95. The number of anilines is 1. The summed E-state index contributed by atoms with van der Waals surface area (Å²) in [5.74, 6) is -1.16. The number of carbonyl (C=O) groups is 2. The van der Waals surface area contributed by atoms with E-state index in [0.717, 1.165) is 12.8 Å². The van der Waals surface area contributed by atoms with Crippen LogP contribution < -0.4 is 5.32 Å². The van der Waals surface area contributed by atoms with Crippen molar-refractivity contribution in [3.05, 3.63) is 29.3 Å². The molecule has 0 bridgehead atoms. The second-order valence-electron chi connectivity index (χ2n) is 3.95. The molecule has 0 atom stereocenters. The Morgan fingerprint density at radius 1 is 1.35 bits per heavy atom. The monoisotopic (exact) mass is 235 g/mol. The van der Waals surface area contributed by atoms with E-state index in [1.54, 1.807) is 25.1 Å². The highest BCUT2D eigenvalue weighted by Crippen LogP contribution is 2.19. The number of hydrogen-bond donors (Lipinski definition) is 2. The molecule has 4 heteroatoms. The molecule has 0 saturated carbocycles. The summed E-state index contributed by atoms with van der Waals surface area (Å²) in [5.41, 5.74) is 1.18. The fourth-order valence-corrected chi connectivity index (χ4v) is 1.61. The molecule has 0 radical (unpaired) electrons. The van der Waals surface area contributed by atoms with Crippen molar-refractivity contribution in [3.63, 3.8) is 0 Å². The molecule has 0 unspecified atom stereocenters. The van der Waals surface area contributed by atoms with E-state index in [-0.39, 0.29) is 11.5 Å². The van der Waals surface area contributed by atoms with Crippen LogP contribution in [0.2, 0.25) is 0 Å². The lowest BCUT2D eigenvalue weighted by atomic mass is 10.1. The largest absolute Gasteiger partial charge is 0.478 e. The van der Waals surface area contributed by atoms with Gasteiger partial charge in [-0.3, -0.25) is 4.79 Å². The Hall–Kier alpha value is -1.84. The molecular weight excluding hydrogens is 218 g/mol. The number of carboxylic acid groups (broad SMARTS) is 1. The number of carbonyl (C=O) groups excluding carboxylic acids is 1. The number of aromatic carboxylic acids is 1. The third kappa shape index (κ3) is 3.59. The first kappa shape index (κ1) is 13.2. The van der Waals surface area contributed by atoms with Crippen LogP contribution in [-0.2, 0) is 4.79 Å². The van der Waals surface area contributed by atoms with Gasteiger partial charge in [0.1, 0.15) is 0 Å². The van der Waals surface area contributed by atoms with Crippen molar-refractivity contribution >= 4 is 17.6 Å². The minimum Gasteiger partial charge on any atom is -0.478 e. The fraction of sp³-hybridized carbons (Fsp3) is 0.385. The lowest BCUT2D eigenvalue weighted by molar-refractivity contribution is -0.116. The van der Waals surface area contributed by atoms with Crippen molar-refractivity contribution in [1.29, 1.82) is 0 Å². The number of rotatable bonds is 5. The van der Waals surface area contributed by atoms with Gasteiger partial charge >= 0.3 is 5.97 Å². The zero-order valence-electron chi connectivity index (χ0n) is 10.1. The third-order valence-corrected chi connectivity index (χ3v) is 2.52. The van der Waals surface area contributed by atoms with E-state index in [2.05, 4.69) is 5.32 Å². The Labute approximate surface area is 101 Å². The molecule has 0 spiro atoms. The molecule has 0 aromatic heterocycles. The van der Waals surface area contributed by atoms with Gasteiger partial charge in [0.2, 0.25) is 5.91 Å². The SMILES string of the molecule is CCCCC(=O)Nc1cccc(C)c1C(=O)O. The molecule has 0 saturated heterocycles. The van der Waals surface area contributed by atoms with Crippen LogP contribution >= 0.6 is 0 Å². The molecule has 0 fully saturated rings. The molecule has 17 heavy (non-hydrogen) atoms. The van der Waals surface area contributed by atoms with Crippen molar-refractivity contribution in [1.82, 2.24) is 0 Å². The highest BCUT2D eigenvalue weighted by atomic mass is 16.4. The lowest BCUT2D eigenvalue weighted by Gasteiger charge is -2.10. The number of nitrogens with one attached hydrogen (secondary N) is 1. The summed E-state index contributed by atoms with van der Waals surface area (Å²) in [7, 11) is 0. The number of hydrogen-bond acceptors (Lipinski definition) is 2. The van der Waals surface area contributed by atoms with Crippen LogP contribution in [0.4, 0.5) is 5.69 Å². The van der Waals surface area contributed by atoms with Gasteiger partial charge in [0.25, 0.3) is 0 Å². The van der Waals surface area contributed by atoms with Crippen LogP contribution in [0.1, 0.15) is 42.1 Å². The van der Waals surface area contributed by atoms with Crippen molar-refractivity contribution in [2.45, 2.75) is 33.1 Å². The molecule has 2 N–H and O–H groups in total. The van der Waals surface area contributed by atoms with E-state index < -0.39 is 5.97 Å². The van der Waals surface area contributed by atoms with Crippen LogP contribution in [0, 0.1) is 6.92 Å². The molecular formula is C13H17NO3. The number of carboxylic acids is 1. The first-order chi connectivity index (χ1) is 8.06. The van der Waals surface area contributed by atoms with Crippen LogP contribution in [0.5, 0.6) is 0 Å². The van der Waals surface area contributed by atoms with Crippen molar-refractivity contribution in [2.75, 3.05) is 5.32 Å². The first-order valence-corrected chi connectivity index (χ1v) is 5.69. The van der Waals surface area contributed by atoms with Gasteiger partial charge in [-0.15, -0.1) is 0 Å². The van der Waals surface area contributed by atoms with E-state index in [4.69, 9.17) is 5.11 Å². The van der Waals surface area contributed by atoms with Gasteiger partial charge < -0.3 is 10.4 Å². The summed E-state index contributed by atoms with van der Waals surface area (Å²) in [6.07, 6.45) is 2.16. The molecule has 92 valence electrons. The van der Waals surface area contributed by atoms with Gasteiger partial charge in [-0.2, -0.15) is 0 Å². The van der Waals surface area contributed by atoms with Crippen molar-refractivity contribution in [2.24, 2.45) is 0 Å². The van der Waals surface area contributed by atoms with Gasteiger partial charge in [-0.25, -0.2) is 4.79 Å². The predicted octanol–water partition coefficient (Wildman–Crippen LogP) is 2.82. The average molecular weight is 235 g/mol. The standard InChI is InChI=1S/C13H17NO3/c1-3-4-8-11(15)14-10-7-5-6-9(2)12(10)13(16)17/h5-7H,3-4,8H2,1-2H3,(H,14,15)(H,16,17). The summed E-state index contributed by atoms with van der Waals surface area (Å²) in [6.45, 7) is 3.72. The summed E-state index contributed by atoms with van der Waals surface area (Å²) < 4.78 is 0. The maximum Gasteiger partial charge on any atom is 0.338 e. The quantitative estimate of drug-likeness (QED) is 0.824. The highest BCUT2D eigenvalue weighted by molar-refractivity contribution is 6.01. The first-order valence-electron chi connectivity index (χ1n) is 5.69. The third-order valence-electron chi connectivity index (χ3n) is 2.52. The lowest BCUT2D eigenvalue weighted by Crippen LogP contribution is -2.15. The fourth-order valence-electron chi connectivity index (χ4n) is 1.61. The normalized spacial score (nSPS) is 10.0. The molecule has 0 aliphatic heterocycles. The highest BCUT2D eigenvalue weighted by Gasteiger charge is 2.14. The molecule has 4 nitrogen and oxygen atoms in total. The van der Waals surface area contributed by atoms with Crippen LogP contribution in [-0.4, -0.2) is 17.0 Å². The smallest absolute Gasteiger partial charge is 0.338 e.